The lowest BCUT2D eigenvalue weighted by Gasteiger charge is -2.31. The van der Waals surface area contributed by atoms with Crippen LogP contribution in [0.15, 0.2) is 48.5 Å². The van der Waals surface area contributed by atoms with E-state index in [1.807, 2.05) is 42.2 Å². The Labute approximate surface area is 174 Å². The Bertz CT molecular complexity index is 846. The maximum absolute atomic E-state index is 13.2. The van der Waals surface area contributed by atoms with E-state index in [2.05, 4.69) is 25.1 Å². The summed E-state index contributed by atoms with van der Waals surface area (Å²) >= 11 is 0. The van der Waals surface area contributed by atoms with Crippen LogP contribution in [0.5, 0.6) is 0 Å². The lowest BCUT2D eigenvalue weighted by atomic mass is 10.00. The van der Waals surface area contributed by atoms with Gasteiger partial charge >= 0.3 is 0 Å². The molecule has 0 unspecified atom stereocenters. The average Bonchev–Trinajstić information content (AvgIpc) is 2.75. The Balaban J connectivity index is 1.69. The number of carbonyl (C=O) groups is 2. The van der Waals surface area contributed by atoms with Gasteiger partial charge in [-0.3, -0.25) is 9.59 Å². The second-order valence-corrected chi connectivity index (χ2v) is 7.94. The molecule has 29 heavy (non-hydrogen) atoms. The fraction of sp³-hybridized carbons (Fsp3) is 0.440. The van der Waals surface area contributed by atoms with E-state index in [-0.39, 0.29) is 18.4 Å². The number of hydrogen-bond donors (Lipinski definition) is 0. The van der Waals surface area contributed by atoms with Crippen LogP contribution in [0.25, 0.3) is 0 Å². The first kappa shape index (κ1) is 21.1. The van der Waals surface area contributed by atoms with Crippen LogP contribution in [0.3, 0.4) is 0 Å². The van der Waals surface area contributed by atoms with Gasteiger partial charge in [0.25, 0.3) is 5.91 Å². The topological polar surface area (TPSA) is 40.6 Å². The number of hydrogen-bond acceptors (Lipinski definition) is 2. The number of aryl methyl sites for hydroxylation is 1. The van der Waals surface area contributed by atoms with Crippen LogP contribution < -0.4 is 0 Å². The third-order valence-corrected chi connectivity index (χ3v) is 5.75. The van der Waals surface area contributed by atoms with Crippen molar-refractivity contribution in [3.63, 3.8) is 0 Å². The molecule has 0 spiro atoms. The summed E-state index contributed by atoms with van der Waals surface area (Å²) in [4.78, 5) is 29.9. The molecule has 2 amide bonds. The Kier molecular flexibility index (Phi) is 7.45. The molecule has 154 valence electrons. The summed E-state index contributed by atoms with van der Waals surface area (Å²) in [5.74, 6) is 0.00212. The highest BCUT2D eigenvalue weighted by molar-refractivity contribution is 5.97. The predicted octanol–water partition coefficient (Wildman–Crippen LogP) is 4.60. The van der Waals surface area contributed by atoms with Crippen molar-refractivity contribution in [3.05, 3.63) is 70.8 Å². The summed E-state index contributed by atoms with van der Waals surface area (Å²) in [6, 6.07) is 15.9. The van der Waals surface area contributed by atoms with E-state index in [0.29, 0.717) is 18.7 Å². The van der Waals surface area contributed by atoms with Crippen LogP contribution in [0, 0.1) is 6.92 Å². The fourth-order valence-electron chi connectivity index (χ4n) is 3.94. The molecule has 1 heterocycles. The normalized spacial score (nSPS) is 13.1. The molecule has 3 rings (SSSR count). The molecule has 0 aliphatic carbocycles. The molecule has 0 atom stereocenters. The summed E-state index contributed by atoms with van der Waals surface area (Å²) in [5.41, 5.74) is 4.19. The van der Waals surface area contributed by atoms with Crippen molar-refractivity contribution in [1.82, 2.24) is 9.80 Å². The van der Waals surface area contributed by atoms with Crippen molar-refractivity contribution in [1.29, 1.82) is 0 Å². The standard InChI is InChI=1S/C25H32N2O2/c1-3-4-5-10-16-27(25(29)23-14-9-6-11-20(23)2)19-24(28)26-17-15-21-12-7-8-13-22(21)18-26/h6-9,11-14H,3-5,10,15-19H2,1-2H3. The van der Waals surface area contributed by atoms with E-state index in [1.54, 1.807) is 4.90 Å². The highest BCUT2D eigenvalue weighted by atomic mass is 16.2. The van der Waals surface area contributed by atoms with Gasteiger partial charge in [0, 0.05) is 25.2 Å². The van der Waals surface area contributed by atoms with Crippen LogP contribution >= 0.6 is 0 Å². The van der Waals surface area contributed by atoms with E-state index in [1.165, 1.54) is 11.1 Å². The van der Waals surface area contributed by atoms with Crippen LogP contribution in [0.2, 0.25) is 0 Å². The third kappa shape index (κ3) is 5.47. The zero-order chi connectivity index (χ0) is 20.6. The second-order valence-electron chi connectivity index (χ2n) is 7.94. The monoisotopic (exact) mass is 392 g/mol. The number of fused-ring (bicyclic) bond motifs is 1. The molecule has 1 aliphatic rings. The number of amides is 2. The molecule has 0 aromatic heterocycles. The minimum absolute atomic E-state index is 0.0367. The number of benzene rings is 2. The molecule has 1 aliphatic heterocycles. The largest absolute Gasteiger partial charge is 0.336 e. The van der Waals surface area contributed by atoms with E-state index < -0.39 is 0 Å². The van der Waals surface area contributed by atoms with Crippen molar-refractivity contribution >= 4 is 11.8 Å². The Morgan fingerprint density at radius 2 is 1.69 bits per heavy atom. The molecule has 0 fully saturated rings. The number of nitrogens with zero attached hydrogens (tertiary/aromatic N) is 2. The van der Waals surface area contributed by atoms with Crippen LogP contribution in [-0.4, -0.2) is 41.2 Å². The number of unbranched alkanes of at least 4 members (excludes halogenated alkanes) is 3. The van der Waals surface area contributed by atoms with Gasteiger partial charge in [0.2, 0.25) is 5.91 Å². The highest BCUT2D eigenvalue weighted by Gasteiger charge is 2.25. The molecule has 2 aromatic carbocycles. The molecule has 0 N–H and O–H groups in total. The minimum atomic E-state index is -0.0367. The van der Waals surface area contributed by atoms with E-state index in [0.717, 1.165) is 44.2 Å². The number of rotatable bonds is 8. The predicted molar refractivity (Wildman–Crippen MR) is 117 cm³/mol. The number of carbonyl (C=O) groups excluding carboxylic acids is 2. The summed E-state index contributed by atoms with van der Waals surface area (Å²) < 4.78 is 0. The Morgan fingerprint density at radius 3 is 2.45 bits per heavy atom. The zero-order valence-corrected chi connectivity index (χ0v) is 17.7. The maximum Gasteiger partial charge on any atom is 0.254 e. The van der Waals surface area contributed by atoms with E-state index in [9.17, 15) is 9.59 Å². The summed E-state index contributed by atoms with van der Waals surface area (Å²) in [6.07, 6.45) is 5.20. The van der Waals surface area contributed by atoms with Crippen molar-refractivity contribution in [2.45, 2.75) is 52.5 Å². The van der Waals surface area contributed by atoms with Gasteiger partial charge in [-0.05, 0) is 42.5 Å². The summed E-state index contributed by atoms with van der Waals surface area (Å²) in [6.45, 7) is 6.26. The first-order chi connectivity index (χ1) is 14.1. The molecular formula is C25H32N2O2. The van der Waals surface area contributed by atoms with Gasteiger partial charge in [-0.1, -0.05) is 68.7 Å². The van der Waals surface area contributed by atoms with Crippen molar-refractivity contribution in [3.8, 4) is 0 Å². The highest BCUT2D eigenvalue weighted by Crippen LogP contribution is 2.19. The molecule has 4 nitrogen and oxygen atoms in total. The molecule has 0 saturated carbocycles. The van der Waals surface area contributed by atoms with Gasteiger partial charge in [0.1, 0.15) is 6.54 Å². The molecule has 0 saturated heterocycles. The van der Waals surface area contributed by atoms with Crippen LogP contribution in [-0.2, 0) is 17.8 Å². The molecule has 0 radical (unpaired) electrons. The lowest BCUT2D eigenvalue weighted by Crippen LogP contribution is -2.45. The van der Waals surface area contributed by atoms with Crippen molar-refractivity contribution < 1.29 is 9.59 Å². The van der Waals surface area contributed by atoms with Gasteiger partial charge in [-0.2, -0.15) is 0 Å². The SMILES string of the molecule is CCCCCCN(CC(=O)N1CCc2ccccc2C1)C(=O)c1ccccc1C. The van der Waals surface area contributed by atoms with Gasteiger partial charge in [0.15, 0.2) is 0 Å². The first-order valence-corrected chi connectivity index (χ1v) is 10.8. The fourth-order valence-corrected chi connectivity index (χ4v) is 3.94. The molecular weight excluding hydrogens is 360 g/mol. The summed E-state index contributed by atoms with van der Waals surface area (Å²) in [5, 5.41) is 0. The third-order valence-electron chi connectivity index (χ3n) is 5.75. The Hall–Kier alpha value is -2.62. The van der Waals surface area contributed by atoms with E-state index >= 15 is 0 Å². The van der Waals surface area contributed by atoms with Gasteiger partial charge < -0.3 is 9.80 Å². The lowest BCUT2D eigenvalue weighted by molar-refractivity contribution is -0.132. The quantitative estimate of drug-likeness (QED) is 0.616. The zero-order valence-electron chi connectivity index (χ0n) is 17.7. The van der Waals surface area contributed by atoms with Gasteiger partial charge in [-0.15, -0.1) is 0 Å². The molecule has 2 aromatic rings. The van der Waals surface area contributed by atoms with Crippen LogP contribution in [0.4, 0.5) is 0 Å². The second kappa shape index (κ2) is 10.2. The van der Waals surface area contributed by atoms with Gasteiger partial charge in [0.05, 0.1) is 0 Å². The Morgan fingerprint density at radius 1 is 0.966 bits per heavy atom. The van der Waals surface area contributed by atoms with Crippen LogP contribution in [0.1, 0.15) is 59.7 Å². The molecule has 4 heteroatoms. The van der Waals surface area contributed by atoms with Crippen molar-refractivity contribution in [2.24, 2.45) is 0 Å². The molecule has 0 bridgehead atoms. The van der Waals surface area contributed by atoms with Crippen molar-refractivity contribution in [2.75, 3.05) is 19.6 Å². The first-order valence-electron chi connectivity index (χ1n) is 10.8. The summed E-state index contributed by atoms with van der Waals surface area (Å²) in [7, 11) is 0. The smallest absolute Gasteiger partial charge is 0.254 e. The minimum Gasteiger partial charge on any atom is -0.336 e. The van der Waals surface area contributed by atoms with Gasteiger partial charge in [-0.25, -0.2) is 0 Å². The average molecular weight is 393 g/mol. The van der Waals surface area contributed by atoms with E-state index in [4.69, 9.17) is 0 Å². The maximum atomic E-state index is 13.2.